The summed E-state index contributed by atoms with van der Waals surface area (Å²) in [5, 5.41) is 10.9. The summed E-state index contributed by atoms with van der Waals surface area (Å²) in [5.74, 6) is -0.296. The van der Waals surface area contributed by atoms with Crippen LogP contribution >= 0.6 is 0 Å². The quantitative estimate of drug-likeness (QED) is 0.809. The summed E-state index contributed by atoms with van der Waals surface area (Å²) in [7, 11) is 0. The molecule has 21 heavy (non-hydrogen) atoms. The summed E-state index contributed by atoms with van der Waals surface area (Å²) in [6.07, 6.45) is 0. The highest BCUT2D eigenvalue weighted by Gasteiger charge is 2.29. The molecule has 1 amide bonds. The summed E-state index contributed by atoms with van der Waals surface area (Å²) in [4.78, 5) is 22.4. The van der Waals surface area contributed by atoms with Gasteiger partial charge in [-0.15, -0.1) is 0 Å². The zero-order chi connectivity index (χ0) is 16.0. The first-order valence-corrected chi connectivity index (χ1v) is 6.95. The van der Waals surface area contributed by atoms with Gasteiger partial charge in [0.15, 0.2) is 0 Å². The van der Waals surface area contributed by atoms with Crippen LogP contribution in [0.5, 0.6) is 5.75 Å². The monoisotopic (exact) mass is 293 g/mol. The Kier molecular flexibility index (Phi) is 5.76. The fourth-order valence-corrected chi connectivity index (χ4v) is 1.69. The van der Waals surface area contributed by atoms with Gasteiger partial charge >= 0.3 is 5.97 Å². The molecule has 0 saturated carbocycles. The third kappa shape index (κ3) is 5.45. The Hall–Kier alpha value is -2.04. The second kappa shape index (κ2) is 7.11. The number of hydrogen-bond donors (Lipinski definition) is 2. The van der Waals surface area contributed by atoms with Crippen LogP contribution in [0.25, 0.3) is 0 Å². The van der Waals surface area contributed by atoms with Crippen LogP contribution in [0.1, 0.15) is 39.2 Å². The van der Waals surface area contributed by atoms with Gasteiger partial charge in [0.05, 0.1) is 5.41 Å². The van der Waals surface area contributed by atoms with Crippen molar-refractivity contribution in [2.45, 2.75) is 33.6 Å². The number of hydrogen-bond acceptors (Lipinski definition) is 3. The summed E-state index contributed by atoms with van der Waals surface area (Å²) in [6.45, 7) is 7.43. The minimum atomic E-state index is -1.07. The van der Waals surface area contributed by atoms with Gasteiger partial charge in [0, 0.05) is 0 Å². The molecule has 0 aliphatic heterocycles. The molecular weight excluding hydrogens is 270 g/mol. The van der Waals surface area contributed by atoms with Crippen molar-refractivity contribution in [2.75, 3.05) is 13.2 Å². The minimum Gasteiger partial charge on any atom is -0.492 e. The number of nitrogens with one attached hydrogen (secondary N) is 1. The van der Waals surface area contributed by atoms with E-state index in [0.717, 1.165) is 0 Å². The van der Waals surface area contributed by atoms with Crippen LogP contribution in [0.15, 0.2) is 24.3 Å². The van der Waals surface area contributed by atoms with E-state index in [-0.39, 0.29) is 19.1 Å². The van der Waals surface area contributed by atoms with Crippen LogP contribution in [-0.2, 0) is 9.59 Å². The van der Waals surface area contributed by atoms with E-state index >= 15 is 0 Å². The molecule has 0 aliphatic rings. The highest BCUT2D eigenvalue weighted by molar-refractivity contribution is 5.85. The Morgan fingerprint density at radius 3 is 2.57 bits per heavy atom. The number of rotatable bonds is 7. The lowest BCUT2D eigenvalue weighted by atomic mass is 9.93. The number of aliphatic carboxylic acids is 1. The largest absolute Gasteiger partial charge is 0.492 e. The molecule has 0 heterocycles. The maximum absolute atomic E-state index is 11.9. The molecule has 0 spiro atoms. The Morgan fingerprint density at radius 1 is 1.33 bits per heavy atom. The van der Waals surface area contributed by atoms with Crippen LogP contribution in [0.2, 0.25) is 0 Å². The second-order valence-electron chi connectivity index (χ2n) is 5.98. The molecule has 116 valence electrons. The highest BCUT2D eigenvalue weighted by Crippen LogP contribution is 2.23. The Bertz CT molecular complexity index is 509. The van der Waals surface area contributed by atoms with Gasteiger partial charge in [-0.1, -0.05) is 26.0 Å². The van der Waals surface area contributed by atoms with Crippen LogP contribution in [-0.4, -0.2) is 30.1 Å². The Labute approximate surface area is 125 Å². The number of amides is 1. The summed E-state index contributed by atoms with van der Waals surface area (Å²) < 4.78 is 5.68. The molecule has 1 aromatic carbocycles. The zero-order valence-corrected chi connectivity index (χ0v) is 13.0. The first-order chi connectivity index (χ1) is 9.72. The SMILES string of the molecule is CC(C)c1cccc(OCC(C)(C)C(=O)NCC(=O)O)c1. The zero-order valence-electron chi connectivity index (χ0n) is 13.0. The van der Waals surface area contributed by atoms with Crippen LogP contribution < -0.4 is 10.1 Å². The van der Waals surface area contributed by atoms with Crippen molar-refractivity contribution < 1.29 is 19.4 Å². The molecule has 0 radical (unpaired) electrons. The number of benzene rings is 1. The van der Waals surface area contributed by atoms with Crippen molar-refractivity contribution in [2.24, 2.45) is 5.41 Å². The van der Waals surface area contributed by atoms with Gasteiger partial charge in [-0.3, -0.25) is 9.59 Å². The van der Waals surface area contributed by atoms with Crippen LogP contribution in [0, 0.1) is 5.41 Å². The van der Waals surface area contributed by atoms with Crippen molar-refractivity contribution >= 4 is 11.9 Å². The fraction of sp³-hybridized carbons (Fsp3) is 0.500. The molecule has 5 heteroatoms. The van der Waals surface area contributed by atoms with Crippen molar-refractivity contribution in [3.63, 3.8) is 0 Å². The molecule has 0 unspecified atom stereocenters. The van der Waals surface area contributed by atoms with E-state index in [0.29, 0.717) is 11.7 Å². The standard InChI is InChI=1S/C16H23NO4/c1-11(2)12-6-5-7-13(8-12)21-10-16(3,4)15(20)17-9-14(18)19/h5-8,11H,9-10H2,1-4H3,(H,17,20)(H,18,19). The van der Waals surface area contributed by atoms with Crippen LogP contribution in [0.4, 0.5) is 0 Å². The summed E-state index contributed by atoms with van der Waals surface area (Å²) in [6, 6.07) is 7.75. The maximum Gasteiger partial charge on any atom is 0.322 e. The number of carboxylic acid groups (broad SMARTS) is 1. The van der Waals surface area contributed by atoms with Gasteiger partial charge in [0.25, 0.3) is 0 Å². The molecule has 1 rings (SSSR count). The van der Waals surface area contributed by atoms with E-state index in [9.17, 15) is 9.59 Å². The lowest BCUT2D eigenvalue weighted by Gasteiger charge is -2.23. The summed E-state index contributed by atoms with van der Waals surface area (Å²) >= 11 is 0. The van der Waals surface area contributed by atoms with Crippen molar-refractivity contribution in [1.82, 2.24) is 5.32 Å². The molecule has 2 N–H and O–H groups in total. The smallest absolute Gasteiger partial charge is 0.322 e. The van der Waals surface area contributed by atoms with Crippen molar-refractivity contribution in [3.8, 4) is 5.75 Å². The lowest BCUT2D eigenvalue weighted by Crippen LogP contribution is -2.42. The number of ether oxygens (including phenoxy) is 1. The fourth-order valence-electron chi connectivity index (χ4n) is 1.69. The number of carboxylic acids is 1. The van der Waals surface area contributed by atoms with Gasteiger partial charge < -0.3 is 15.2 Å². The maximum atomic E-state index is 11.9. The Balaban J connectivity index is 2.62. The van der Waals surface area contributed by atoms with Crippen LogP contribution in [0.3, 0.4) is 0 Å². The third-order valence-electron chi connectivity index (χ3n) is 3.14. The molecular formula is C16H23NO4. The molecule has 0 bridgehead atoms. The third-order valence-corrected chi connectivity index (χ3v) is 3.14. The molecule has 1 aromatic rings. The molecule has 0 aromatic heterocycles. The summed E-state index contributed by atoms with van der Waals surface area (Å²) in [5.41, 5.74) is 0.365. The average molecular weight is 293 g/mol. The second-order valence-corrected chi connectivity index (χ2v) is 5.98. The first-order valence-electron chi connectivity index (χ1n) is 6.95. The van der Waals surface area contributed by atoms with E-state index in [1.807, 2.05) is 24.3 Å². The predicted octanol–water partition coefficient (Wildman–Crippen LogP) is 2.42. The van der Waals surface area contributed by atoms with Crippen molar-refractivity contribution in [1.29, 1.82) is 0 Å². The van der Waals surface area contributed by atoms with E-state index in [1.54, 1.807) is 13.8 Å². The van der Waals surface area contributed by atoms with E-state index < -0.39 is 11.4 Å². The molecule has 5 nitrogen and oxygen atoms in total. The molecule has 0 fully saturated rings. The van der Waals surface area contributed by atoms with Gasteiger partial charge in [-0.05, 0) is 37.5 Å². The number of carbonyl (C=O) groups is 2. The minimum absolute atomic E-state index is 0.181. The molecule has 0 atom stereocenters. The predicted molar refractivity (Wildman–Crippen MR) is 80.5 cm³/mol. The highest BCUT2D eigenvalue weighted by atomic mass is 16.5. The van der Waals surface area contributed by atoms with Gasteiger partial charge in [-0.2, -0.15) is 0 Å². The van der Waals surface area contributed by atoms with E-state index in [4.69, 9.17) is 9.84 Å². The molecule has 0 saturated heterocycles. The normalized spacial score (nSPS) is 11.3. The Morgan fingerprint density at radius 2 is 2.00 bits per heavy atom. The van der Waals surface area contributed by atoms with E-state index in [2.05, 4.69) is 19.2 Å². The topological polar surface area (TPSA) is 75.6 Å². The average Bonchev–Trinajstić information content (AvgIpc) is 2.42. The number of carbonyl (C=O) groups excluding carboxylic acids is 1. The van der Waals surface area contributed by atoms with Gasteiger partial charge in [0.2, 0.25) is 5.91 Å². The molecule has 0 aliphatic carbocycles. The van der Waals surface area contributed by atoms with E-state index in [1.165, 1.54) is 5.56 Å². The first kappa shape index (κ1) is 17.0. The van der Waals surface area contributed by atoms with Crippen molar-refractivity contribution in [3.05, 3.63) is 29.8 Å². The lowest BCUT2D eigenvalue weighted by molar-refractivity contribution is -0.140. The van der Waals surface area contributed by atoms with Gasteiger partial charge in [0.1, 0.15) is 18.9 Å². The van der Waals surface area contributed by atoms with Gasteiger partial charge in [-0.25, -0.2) is 0 Å².